The van der Waals surface area contributed by atoms with Crippen LogP contribution in [0.5, 0.6) is 0 Å². The van der Waals surface area contributed by atoms with E-state index in [1.165, 1.54) is 0 Å². The number of ether oxygens (including phenoxy) is 1. The van der Waals surface area contributed by atoms with Crippen LogP contribution in [-0.4, -0.2) is 67.3 Å². The minimum atomic E-state index is -4.13. The van der Waals surface area contributed by atoms with Crippen LogP contribution in [0.2, 0.25) is 0 Å². The predicted molar refractivity (Wildman–Crippen MR) is 53.4 cm³/mol. The van der Waals surface area contributed by atoms with Crippen LogP contribution < -0.4 is 0 Å². The lowest BCUT2D eigenvalue weighted by molar-refractivity contribution is -0.150. The molecule has 0 bridgehead atoms. The van der Waals surface area contributed by atoms with Gasteiger partial charge in [-0.25, -0.2) is 0 Å². The number of hydrogen-bond donors (Lipinski definition) is 0. The van der Waals surface area contributed by atoms with Crippen LogP contribution in [0.3, 0.4) is 0 Å². The van der Waals surface area contributed by atoms with E-state index in [1.807, 2.05) is 0 Å². The Morgan fingerprint density at radius 3 is 2.76 bits per heavy atom. The molecule has 0 saturated carbocycles. The lowest BCUT2D eigenvalue weighted by Gasteiger charge is -2.33. The molecule has 17 heavy (non-hydrogen) atoms. The number of halogens is 3. The zero-order chi connectivity index (χ0) is 12.6. The predicted octanol–water partition coefficient (Wildman–Crippen LogP) is 0.480. The summed E-state index contributed by atoms with van der Waals surface area (Å²) >= 11 is 0. The molecule has 2 atom stereocenters. The molecule has 98 valence electrons. The number of fused-ring (bicyclic) bond motifs is 1. The molecule has 2 heterocycles. The van der Waals surface area contributed by atoms with E-state index in [4.69, 9.17) is 4.74 Å². The highest BCUT2D eigenvalue weighted by Gasteiger charge is 2.42. The van der Waals surface area contributed by atoms with Crippen molar-refractivity contribution in [2.24, 2.45) is 0 Å². The van der Waals surface area contributed by atoms with Gasteiger partial charge in [-0.2, -0.15) is 13.2 Å². The number of amides is 1. The molecular weight excluding hydrogens is 237 g/mol. The van der Waals surface area contributed by atoms with Gasteiger partial charge in [-0.1, -0.05) is 0 Å². The van der Waals surface area contributed by atoms with Crippen molar-refractivity contribution in [1.82, 2.24) is 9.80 Å². The second kappa shape index (κ2) is 4.45. The van der Waals surface area contributed by atoms with Crippen molar-refractivity contribution >= 4 is 5.91 Å². The molecule has 2 rings (SSSR count). The molecule has 0 spiro atoms. The largest absolute Gasteiger partial charge is 0.390 e. The molecule has 0 aromatic rings. The molecule has 2 fully saturated rings. The monoisotopic (exact) mass is 252 g/mol. The smallest absolute Gasteiger partial charge is 0.365 e. The summed E-state index contributed by atoms with van der Waals surface area (Å²) in [7, 11) is 1.68. The van der Waals surface area contributed by atoms with Gasteiger partial charge in [0.15, 0.2) is 0 Å². The number of nitrogens with zero attached hydrogens (tertiary/aromatic N) is 2. The van der Waals surface area contributed by atoms with Crippen molar-refractivity contribution in [3.05, 3.63) is 0 Å². The van der Waals surface area contributed by atoms with E-state index in [2.05, 4.69) is 0 Å². The summed E-state index contributed by atoms with van der Waals surface area (Å²) in [5.41, 5.74) is 0. The maximum absolute atomic E-state index is 12.1. The van der Waals surface area contributed by atoms with Gasteiger partial charge in [0.2, 0.25) is 5.91 Å². The van der Waals surface area contributed by atoms with E-state index in [-0.39, 0.29) is 31.2 Å². The molecule has 7 heteroatoms. The van der Waals surface area contributed by atoms with Crippen LogP contribution in [-0.2, 0) is 9.53 Å². The zero-order valence-electron chi connectivity index (χ0n) is 9.54. The average molecular weight is 252 g/mol. The lowest BCUT2D eigenvalue weighted by atomic mass is 10.1. The summed E-state index contributed by atoms with van der Waals surface area (Å²) in [6.07, 6.45) is -5.09. The van der Waals surface area contributed by atoms with Gasteiger partial charge in [0.25, 0.3) is 0 Å². The van der Waals surface area contributed by atoms with E-state index >= 15 is 0 Å². The minimum absolute atomic E-state index is 0.0259. The van der Waals surface area contributed by atoms with E-state index in [0.717, 1.165) is 0 Å². The number of likely N-dealkylation sites (N-methyl/N-ethyl adjacent to an activating group) is 1. The fourth-order valence-electron chi connectivity index (χ4n) is 2.30. The maximum Gasteiger partial charge on any atom is 0.390 e. The molecule has 0 unspecified atom stereocenters. The topological polar surface area (TPSA) is 32.8 Å². The zero-order valence-corrected chi connectivity index (χ0v) is 9.54. The first-order valence-corrected chi connectivity index (χ1v) is 5.53. The maximum atomic E-state index is 12.1. The molecule has 1 amide bonds. The Morgan fingerprint density at radius 1 is 1.41 bits per heavy atom. The van der Waals surface area contributed by atoms with Crippen molar-refractivity contribution in [1.29, 1.82) is 0 Å². The van der Waals surface area contributed by atoms with Crippen LogP contribution in [0.4, 0.5) is 13.2 Å². The van der Waals surface area contributed by atoms with Crippen LogP contribution in [0, 0.1) is 0 Å². The molecule has 0 aromatic carbocycles. The van der Waals surface area contributed by atoms with E-state index < -0.39 is 12.6 Å². The molecule has 4 nitrogen and oxygen atoms in total. The molecule has 0 aliphatic carbocycles. The Balaban J connectivity index is 1.88. The number of morpholine rings is 1. The fourth-order valence-corrected chi connectivity index (χ4v) is 2.30. The molecule has 2 saturated heterocycles. The Bertz CT molecular complexity index is 308. The van der Waals surface area contributed by atoms with Crippen LogP contribution in [0.25, 0.3) is 0 Å². The second-order valence-corrected chi connectivity index (χ2v) is 4.55. The van der Waals surface area contributed by atoms with Gasteiger partial charge in [0.05, 0.1) is 18.6 Å². The van der Waals surface area contributed by atoms with Gasteiger partial charge in [-0.15, -0.1) is 0 Å². The minimum Gasteiger partial charge on any atom is -0.365 e. The fraction of sp³-hybridized carbons (Fsp3) is 0.900. The summed E-state index contributed by atoms with van der Waals surface area (Å²) in [5.74, 6) is -0.107. The van der Waals surface area contributed by atoms with Gasteiger partial charge in [-0.3, -0.25) is 9.69 Å². The Morgan fingerprint density at radius 2 is 2.12 bits per heavy atom. The van der Waals surface area contributed by atoms with E-state index in [0.29, 0.717) is 13.1 Å². The summed E-state index contributed by atoms with van der Waals surface area (Å²) in [4.78, 5) is 14.7. The van der Waals surface area contributed by atoms with Crippen molar-refractivity contribution in [2.45, 2.75) is 24.7 Å². The third-order valence-electron chi connectivity index (χ3n) is 3.34. The molecule has 0 aromatic heterocycles. The SMILES string of the molecule is CN1C(=O)CO[C@H]2CN(CCC(F)(F)F)C[C@@H]21. The Kier molecular flexibility index (Phi) is 3.31. The summed E-state index contributed by atoms with van der Waals surface area (Å²) in [5, 5.41) is 0. The standard InChI is InChI=1S/C10H15F3N2O2/c1-14-7-4-15(3-2-10(11,12)13)5-8(7)17-6-9(14)16/h7-8H,2-6H2,1H3/t7-,8-/m0/s1. The lowest BCUT2D eigenvalue weighted by Crippen LogP contribution is -2.51. The summed E-state index contributed by atoms with van der Waals surface area (Å²) in [6, 6.07) is -0.107. The Labute approximate surface area is 97.3 Å². The first-order valence-electron chi connectivity index (χ1n) is 5.53. The number of carbonyl (C=O) groups excluding carboxylic acids is 1. The highest BCUT2D eigenvalue weighted by atomic mass is 19.4. The normalized spacial score (nSPS) is 30.8. The number of carbonyl (C=O) groups is 1. The third-order valence-corrected chi connectivity index (χ3v) is 3.34. The number of hydrogen-bond acceptors (Lipinski definition) is 3. The van der Waals surface area contributed by atoms with Crippen LogP contribution >= 0.6 is 0 Å². The van der Waals surface area contributed by atoms with Crippen LogP contribution in [0.15, 0.2) is 0 Å². The number of alkyl halides is 3. The third kappa shape index (κ3) is 2.90. The Hall–Kier alpha value is -0.820. The highest BCUT2D eigenvalue weighted by Crippen LogP contribution is 2.25. The van der Waals surface area contributed by atoms with Gasteiger partial charge in [0.1, 0.15) is 6.61 Å². The van der Waals surface area contributed by atoms with Crippen LogP contribution in [0.1, 0.15) is 6.42 Å². The van der Waals surface area contributed by atoms with Crippen molar-refractivity contribution < 1.29 is 22.7 Å². The molecule has 2 aliphatic rings. The average Bonchev–Trinajstić information content (AvgIpc) is 2.64. The molecule has 2 aliphatic heterocycles. The quantitative estimate of drug-likeness (QED) is 0.716. The van der Waals surface area contributed by atoms with Gasteiger partial charge >= 0.3 is 6.18 Å². The summed E-state index contributed by atoms with van der Waals surface area (Å²) < 4.78 is 41.6. The van der Waals surface area contributed by atoms with Crippen molar-refractivity contribution in [3.8, 4) is 0 Å². The second-order valence-electron chi connectivity index (χ2n) is 4.55. The van der Waals surface area contributed by atoms with Gasteiger partial charge in [0, 0.05) is 26.7 Å². The molecule has 0 radical (unpaired) electrons. The molecule has 0 N–H and O–H groups in total. The van der Waals surface area contributed by atoms with Gasteiger partial charge < -0.3 is 9.64 Å². The molecular formula is C10H15F3N2O2. The van der Waals surface area contributed by atoms with E-state index in [9.17, 15) is 18.0 Å². The first-order chi connectivity index (χ1) is 7.87. The van der Waals surface area contributed by atoms with Crippen molar-refractivity contribution in [3.63, 3.8) is 0 Å². The number of likely N-dealkylation sites (tertiary alicyclic amines) is 1. The van der Waals surface area contributed by atoms with E-state index in [1.54, 1.807) is 16.8 Å². The first kappa shape index (κ1) is 12.6. The van der Waals surface area contributed by atoms with Gasteiger partial charge in [-0.05, 0) is 0 Å². The highest BCUT2D eigenvalue weighted by molar-refractivity contribution is 5.78. The number of rotatable bonds is 2. The van der Waals surface area contributed by atoms with Crippen molar-refractivity contribution in [2.75, 3.05) is 33.3 Å². The summed E-state index contributed by atoms with van der Waals surface area (Å²) in [6.45, 7) is 0.939.